The number of hydrogen-bond donors (Lipinski definition) is 4. The number of aromatic hydroxyl groups is 1. The minimum absolute atomic E-state index is 0. The summed E-state index contributed by atoms with van der Waals surface area (Å²) in [4.78, 5) is 51.4. The van der Waals surface area contributed by atoms with Crippen LogP contribution in [0, 0.1) is 30.1 Å². The zero-order chi connectivity index (χ0) is 50.9. The van der Waals surface area contributed by atoms with Crippen LogP contribution in [-0.4, -0.2) is 170 Å². The molecule has 2 amide bonds. The molecule has 2 aliphatic heterocycles. The number of amides is 2. The first-order valence-corrected chi connectivity index (χ1v) is 25.2. The Morgan fingerprint density at radius 1 is 0.736 bits per heavy atom. The lowest BCUT2D eigenvalue weighted by molar-refractivity contribution is -0.137. The second-order valence-corrected chi connectivity index (χ2v) is 18.9. The van der Waals surface area contributed by atoms with Gasteiger partial charge in [0.15, 0.2) is 0 Å². The summed E-state index contributed by atoms with van der Waals surface area (Å²) in [6, 6.07) is 5.06. The predicted octanol–water partition coefficient (Wildman–Crippen LogP) is 0.0195. The average molecular weight is 1020 g/mol. The average Bonchev–Trinajstić information content (AvgIpc) is 4.08. The molecule has 6 unspecified atom stereocenters. The lowest BCUT2D eigenvalue weighted by Gasteiger charge is -2.38. The maximum absolute atomic E-state index is 14.5. The van der Waals surface area contributed by atoms with Crippen LogP contribution in [-0.2, 0) is 30.2 Å². The summed E-state index contributed by atoms with van der Waals surface area (Å²) in [5.41, 5.74) is 15.2. The summed E-state index contributed by atoms with van der Waals surface area (Å²) >= 11 is 0. The van der Waals surface area contributed by atoms with E-state index < -0.39 is 12.1 Å². The summed E-state index contributed by atoms with van der Waals surface area (Å²) in [6.45, 7) is 18.9. The molecule has 4 aromatic rings. The molecule has 22 nitrogen and oxygen atoms in total. The van der Waals surface area contributed by atoms with E-state index in [1.807, 2.05) is 28.1 Å². The van der Waals surface area contributed by atoms with E-state index in [2.05, 4.69) is 83.2 Å². The molecule has 0 radical (unpaired) electrons. The Morgan fingerprint density at radius 2 is 1.28 bits per heavy atom. The van der Waals surface area contributed by atoms with Crippen LogP contribution in [0.4, 0.5) is 17.8 Å². The van der Waals surface area contributed by atoms with Crippen LogP contribution in [0.15, 0.2) is 36.7 Å². The van der Waals surface area contributed by atoms with Crippen LogP contribution in [0.1, 0.15) is 102 Å². The molecule has 1 aromatic carbocycles. The van der Waals surface area contributed by atoms with Crippen molar-refractivity contribution in [2.75, 3.05) is 114 Å². The van der Waals surface area contributed by atoms with Crippen LogP contribution in [0.3, 0.4) is 0 Å². The number of nitrogens with zero attached hydrogens (tertiary/aromatic N) is 13. The predicted molar refractivity (Wildman–Crippen MR) is 269 cm³/mol. The van der Waals surface area contributed by atoms with Gasteiger partial charge in [0, 0.05) is 65.3 Å². The Balaban J connectivity index is 0.00000963. The lowest BCUT2D eigenvalue weighted by atomic mass is 9.97. The van der Waals surface area contributed by atoms with Gasteiger partial charge in [-0.05, 0) is 41.9 Å². The molecule has 2 fully saturated rings. The molecule has 0 spiro atoms. The minimum atomic E-state index is -0.689. The number of benzene rings is 1. The molecule has 0 bridgehead atoms. The maximum Gasteiger partial charge on any atom is 0.247 e. The number of phenols is 1. The number of nitrogens with one attached hydrogen (secondary N) is 1. The molecule has 396 valence electrons. The number of rotatable bonds is 27. The molecule has 3 aromatic heterocycles. The van der Waals surface area contributed by atoms with E-state index in [0.29, 0.717) is 134 Å². The van der Waals surface area contributed by atoms with Crippen LogP contribution in [0.25, 0.3) is 0 Å². The Labute approximate surface area is 430 Å². The van der Waals surface area contributed by atoms with Gasteiger partial charge in [-0.25, -0.2) is 9.36 Å². The van der Waals surface area contributed by atoms with Gasteiger partial charge in [-0.15, -0.1) is 16.6 Å². The zero-order valence-corrected chi connectivity index (χ0v) is 43.6. The highest BCUT2D eigenvalue weighted by Crippen LogP contribution is 2.28. The van der Waals surface area contributed by atoms with Crippen molar-refractivity contribution in [1.29, 1.82) is 0 Å². The maximum atomic E-state index is 14.5. The smallest absolute Gasteiger partial charge is 0.247 e. The van der Waals surface area contributed by atoms with Crippen LogP contribution >= 0.6 is 0 Å². The number of phenolic OH excluding ortho intramolecular Hbond substituents is 1. The fourth-order valence-electron chi connectivity index (χ4n) is 8.53. The number of nitrogens with two attached hydrogens (primary N) is 2. The van der Waals surface area contributed by atoms with Gasteiger partial charge in [-0.2, -0.15) is 15.0 Å². The van der Waals surface area contributed by atoms with Gasteiger partial charge in [0.1, 0.15) is 24.4 Å². The van der Waals surface area contributed by atoms with Crippen molar-refractivity contribution in [3.63, 3.8) is 0 Å². The van der Waals surface area contributed by atoms with Crippen LogP contribution in [0.2, 0.25) is 0 Å². The van der Waals surface area contributed by atoms with Crippen molar-refractivity contribution in [2.45, 2.75) is 91.4 Å². The highest BCUT2D eigenvalue weighted by atomic mass is 35.5. The molecule has 6 atom stereocenters. The third-order valence-electron chi connectivity index (χ3n) is 13.3. The summed E-state index contributed by atoms with van der Waals surface area (Å²) in [5, 5.41) is 30.9. The number of aromatic nitrogens is 9. The van der Waals surface area contributed by atoms with Gasteiger partial charge in [-0.1, -0.05) is 82.9 Å². The second kappa shape index (κ2) is 28.5. The summed E-state index contributed by atoms with van der Waals surface area (Å²) in [5.74, 6) is 4.40. The Kier molecular flexibility index (Phi) is 22.7. The first-order chi connectivity index (χ1) is 34.3. The SMILES string of the molecule is C#CCOCCOCCOCCNc1nc(N2CCN(C(=O)C(Cc3ccc(O)cc3)n3cc(C(N)C(C)CC)nn3)CC2)nc(N2CCN(C(=O)C(C(C)CC)n3cc(C(N)CC(C)C)nn3)CC2)n1.[Cl-]. The van der Waals surface area contributed by atoms with Gasteiger partial charge >= 0.3 is 0 Å². The molecular weight excluding hydrogens is 944 g/mol. The number of carbonyl (C=O) groups is 2. The fraction of sp³-hybridized carbons (Fsp3) is 0.653. The number of hydrogen-bond acceptors (Lipinski definition) is 18. The Bertz CT molecular complexity index is 2300. The number of terminal acetylenes is 1. The van der Waals surface area contributed by atoms with E-state index in [-0.39, 0.29) is 60.5 Å². The van der Waals surface area contributed by atoms with E-state index in [1.54, 1.807) is 27.7 Å². The molecule has 6 rings (SSSR count). The third-order valence-corrected chi connectivity index (χ3v) is 13.3. The number of halogens is 1. The molecule has 2 saturated heterocycles. The molecule has 23 heteroatoms. The van der Waals surface area contributed by atoms with Crippen molar-refractivity contribution >= 4 is 29.7 Å². The minimum Gasteiger partial charge on any atom is -1.00 e. The number of carbonyl (C=O) groups excluding carboxylic acids is 2. The number of ether oxygens (including phenoxy) is 3. The molecule has 0 saturated carbocycles. The van der Waals surface area contributed by atoms with Crippen molar-refractivity contribution in [3.05, 3.63) is 53.6 Å². The van der Waals surface area contributed by atoms with Gasteiger partial charge in [0.25, 0.3) is 0 Å². The molecule has 5 heterocycles. The molecule has 6 N–H and O–H groups in total. The Morgan fingerprint density at radius 3 is 1.86 bits per heavy atom. The van der Waals surface area contributed by atoms with E-state index in [1.165, 1.54) is 0 Å². The summed E-state index contributed by atoms with van der Waals surface area (Å²) in [7, 11) is 0. The second-order valence-electron chi connectivity index (χ2n) is 18.9. The first-order valence-electron chi connectivity index (χ1n) is 25.2. The molecular formula is C49H76ClN16O6-. The van der Waals surface area contributed by atoms with Crippen molar-refractivity contribution < 1.29 is 41.3 Å². The van der Waals surface area contributed by atoms with Gasteiger partial charge in [-0.3, -0.25) is 9.59 Å². The van der Waals surface area contributed by atoms with Crippen LogP contribution < -0.4 is 39.0 Å². The van der Waals surface area contributed by atoms with Crippen molar-refractivity contribution in [1.82, 2.24) is 54.7 Å². The normalized spacial score (nSPS) is 16.7. The third kappa shape index (κ3) is 15.9. The quantitative estimate of drug-likeness (QED) is 0.0454. The molecule has 0 aliphatic carbocycles. The number of anilines is 3. The monoisotopic (exact) mass is 1020 g/mol. The van der Waals surface area contributed by atoms with Crippen LogP contribution in [0.5, 0.6) is 5.75 Å². The summed E-state index contributed by atoms with van der Waals surface area (Å²) in [6.07, 6.45) is 11.6. The van der Waals surface area contributed by atoms with Crippen molar-refractivity contribution in [2.24, 2.45) is 29.2 Å². The zero-order valence-electron chi connectivity index (χ0n) is 42.9. The first kappa shape index (κ1) is 57.2. The summed E-state index contributed by atoms with van der Waals surface area (Å²) < 4.78 is 19.9. The van der Waals surface area contributed by atoms with Gasteiger partial charge in [0.2, 0.25) is 29.7 Å². The lowest BCUT2D eigenvalue weighted by Crippen LogP contribution is -3.00. The van der Waals surface area contributed by atoms with E-state index in [0.717, 1.165) is 24.8 Å². The molecule has 72 heavy (non-hydrogen) atoms. The number of piperazine rings is 2. The fourth-order valence-corrected chi connectivity index (χ4v) is 8.53. The standard InChI is InChI=1S/C49H76N16O6.ClH/c1-8-24-69-26-28-71-29-27-70-25-15-52-47-53-48(55-49(54-47)63-22-18-61(19-23-63)46(68)44(36(7)10-3)65-32-40(56-59-65)39(50)30-34(4)5)62-20-16-60(17-21-62)45(67)42(31-37-11-13-38(66)14-12-37)64-33-41(57-58-64)43(51)35(6)9-2;/h1,11-14,32-36,39,42-44,66H,9-10,15-31,50-51H2,2-7H3,(H,52,53,54,55);1H/p-1. The van der Waals surface area contributed by atoms with Gasteiger partial charge in [0.05, 0.1) is 68.9 Å². The largest absolute Gasteiger partial charge is 1.00 e. The highest BCUT2D eigenvalue weighted by molar-refractivity contribution is 5.81. The van der Waals surface area contributed by atoms with Gasteiger partial charge < -0.3 is 68.1 Å². The van der Waals surface area contributed by atoms with Crippen molar-refractivity contribution in [3.8, 4) is 18.1 Å². The van der Waals surface area contributed by atoms with E-state index >= 15 is 0 Å². The highest BCUT2D eigenvalue weighted by Gasteiger charge is 2.35. The topological polar surface area (TPSA) is 259 Å². The Hall–Kier alpha value is -5.70. The van der Waals surface area contributed by atoms with E-state index in [4.69, 9.17) is 47.1 Å². The molecule has 2 aliphatic rings. The van der Waals surface area contributed by atoms with E-state index in [9.17, 15) is 14.7 Å².